The van der Waals surface area contributed by atoms with E-state index in [2.05, 4.69) is 4.98 Å². The van der Waals surface area contributed by atoms with Gasteiger partial charge in [0.25, 0.3) is 5.56 Å². The van der Waals surface area contributed by atoms with E-state index < -0.39 is 0 Å². The molecule has 4 nitrogen and oxygen atoms in total. The molecule has 1 aromatic heterocycles. The number of aromatic amines is 1. The summed E-state index contributed by atoms with van der Waals surface area (Å²) >= 11 is 0. The molecule has 0 saturated carbocycles. The van der Waals surface area contributed by atoms with Crippen LogP contribution in [0.3, 0.4) is 0 Å². The van der Waals surface area contributed by atoms with E-state index in [4.69, 9.17) is 9.84 Å². The maximum absolute atomic E-state index is 10.9. The van der Waals surface area contributed by atoms with Gasteiger partial charge in [0.2, 0.25) is 0 Å². The van der Waals surface area contributed by atoms with E-state index in [1.54, 1.807) is 13.2 Å². The highest BCUT2D eigenvalue weighted by Crippen LogP contribution is 2.06. The quantitative estimate of drug-likeness (QED) is 0.674. The fraction of sp³-hybridized carbons (Fsp3) is 0.444. The Morgan fingerprint density at radius 1 is 1.54 bits per heavy atom. The number of hydrogen-bond acceptors (Lipinski definition) is 3. The lowest BCUT2D eigenvalue weighted by molar-refractivity contribution is 0.195. The van der Waals surface area contributed by atoms with Gasteiger partial charge in [0, 0.05) is 25.5 Å². The maximum Gasteiger partial charge on any atom is 0.251 e. The summed E-state index contributed by atoms with van der Waals surface area (Å²) < 4.78 is 4.87. The van der Waals surface area contributed by atoms with Crippen LogP contribution in [0.5, 0.6) is 5.75 Å². The van der Waals surface area contributed by atoms with Gasteiger partial charge in [-0.3, -0.25) is 4.79 Å². The third-order valence-electron chi connectivity index (χ3n) is 1.68. The minimum Gasteiger partial charge on any atom is -0.508 e. The molecule has 13 heavy (non-hydrogen) atoms. The molecule has 0 bridgehead atoms. The number of hydrogen-bond donors (Lipinski definition) is 2. The van der Waals surface area contributed by atoms with Crippen molar-refractivity contribution >= 4 is 0 Å². The number of aromatic hydroxyl groups is 1. The highest BCUT2D eigenvalue weighted by Gasteiger charge is 1.97. The summed E-state index contributed by atoms with van der Waals surface area (Å²) in [6.07, 6.45) is 1.54. The van der Waals surface area contributed by atoms with Crippen molar-refractivity contribution in [1.82, 2.24) is 4.98 Å². The second kappa shape index (κ2) is 4.67. The molecule has 0 fully saturated rings. The average Bonchev–Trinajstić information content (AvgIpc) is 2.03. The van der Waals surface area contributed by atoms with Gasteiger partial charge in [0.15, 0.2) is 0 Å². The monoisotopic (exact) mass is 183 g/mol. The largest absolute Gasteiger partial charge is 0.508 e. The summed E-state index contributed by atoms with van der Waals surface area (Å²) in [5.74, 6) is 0.0103. The Labute approximate surface area is 76.2 Å². The topological polar surface area (TPSA) is 62.3 Å². The van der Waals surface area contributed by atoms with Gasteiger partial charge in [0.1, 0.15) is 5.75 Å². The zero-order chi connectivity index (χ0) is 9.68. The number of aromatic nitrogens is 1. The van der Waals surface area contributed by atoms with Crippen LogP contribution in [-0.4, -0.2) is 23.8 Å². The highest BCUT2D eigenvalue weighted by molar-refractivity contribution is 5.20. The molecule has 0 saturated heterocycles. The molecule has 0 atom stereocenters. The summed E-state index contributed by atoms with van der Waals surface area (Å²) in [5, 5.41) is 9.10. The number of H-pyrrole nitrogens is 1. The van der Waals surface area contributed by atoms with E-state index >= 15 is 0 Å². The van der Waals surface area contributed by atoms with Crippen LogP contribution in [0.25, 0.3) is 0 Å². The molecule has 4 heteroatoms. The molecule has 0 aliphatic rings. The fourth-order valence-corrected chi connectivity index (χ4v) is 1.13. The molecule has 0 amide bonds. The predicted molar refractivity (Wildman–Crippen MR) is 48.9 cm³/mol. The van der Waals surface area contributed by atoms with Crippen molar-refractivity contribution in [3.05, 3.63) is 28.2 Å². The predicted octanol–water partition coefficient (Wildman–Crippen LogP) is 0.660. The number of aryl methyl sites for hydroxylation is 1. The zero-order valence-corrected chi connectivity index (χ0v) is 7.54. The molecular weight excluding hydrogens is 170 g/mol. The van der Waals surface area contributed by atoms with E-state index in [0.717, 1.165) is 18.2 Å². The van der Waals surface area contributed by atoms with Crippen molar-refractivity contribution in [2.75, 3.05) is 13.7 Å². The first-order chi connectivity index (χ1) is 6.22. The summed E-state index contributed by atoms with van der Waals surface area (Å²) in [6.45, 7) is 0.650. The van der Waals surface area contributed by atoms with Crippen molar-refractivity contribution in [3.8, 4) is 5.75 Å². The molecule has 72 valence electrons. The van der Waals surface area contributed by atoms with E-state index in [-0.39, 0.29) is 11.3 Å². The molecule has 0 radical (unpaired) electrons. The maximum atomic E-state index is 10.9. The Balaban J connectivity index is 2.61. The first-order valence-electron chi connectivity index (χ1n) is 4.13. The molecule has 2 N–H and O–H groups in total. The van der Waals surface area contributed by atoms with Gasteiger partial charge in [-0.2, -0.15) is 0 Å². The number of pyridine rings is 1. The summed E-state index contributed by atoms with van der Waals surface area (Å²) in [7, 11) is 1.63. The van der Waals surface area contributed by atoms with Crippen molar-refractivity contribution in [3.63, 3.8) is 0 Å². The SMILES string of the molecule is COCCCc1cc(O)cc(=O)[nH]1. The van der Waals surface area contributed by atoms with Gasteiger partial charge < -0.3 is 14.8 Å². The van der Waals surface area contributed by atoms with Gasteiger partial charge in [-0.25, -0.2) is 0 Å². The second-order valence-corrected chi connectivity index (χ2v) is 2.82. The third kappa shape index (κ3) is 3.29. The van der Waals surface area contributed by atoms with Crippen LogP contribution in [0.1, 0.15) is 12.1 Å². The van der Waals surface area contributed by atoms with Crippen LogP contribution in [0.2, 0.25) is 0 Å². The van der Waals surface area contributed by atoms with Crippen LogP contribution < -0.4 is 5.56 Å². The number of ether oxygens (including phenoxy) is 1. The first-order valence-corrected chi connectivity index (χ1v) is 4.13. The van der Waals surface area contributed by atoms with E-state index in [1.165, 1.54) is 0 Å². The van der Waals surface area contributed by atoms with Crippen molar-refractivity contribution in [1.29, 1.82) is 0 Å². The molecule has 0 aliphatic heterocycles. The second-order valence-electron chi connectivity index (χ2n) is 2.82. The van der Waals surface area contributed by atoms with Crippen LogP contribution in [0.15, 0.2) is 16.9 Å². The third-order valence-corrected chi connectivity index (χ3v) is 1.68. The van der Waals surface area contributed by atoms with Crippen molar-refractivity contribution in [2.45, 2.75) is 12.8 Å². The molecule has 1 rings (SSSR count). The fourth-order valence-electron chi connectivity index (χ4n) is 1.13. The minimum atomic E-state index is -0.271. The van der Waals surface area contributed by atoms with Gasteiger partial charge in [0.05, 0.1) is 0 Å². The summed E-state index contributed by atoms with van der Waals surface area (Å²) in [6, 6.07) is 2.71. The lowest BCUT2D eigenvalue weighted by Crippen LogP contribution is -2.07. The van der Waals surface area contributed by atoms with Gasteiger partial charge >= 0.3 is 0 Å². The average molecular weight is 183 g/mol. The van der Waals surface area contributed by atoms with Gasteiger partial charge in [-0.15, -0.1) is 0 Å². The zero-order valence-electron chi connectivity index (χ0n) is 7.54. The number of nitrogens with one attached hydrogen (secondary N) is 1. The molecule has 1 aromatic rings. The lowest BCUT2D eigenvalue weighted by atomic mass is 10.2. The molecule has 0 aromatic carbocycles. The summed E-state index contributed by atoms with van der Waals surface area (Å²) in [5.41, 5.74) is 0.467. The summed E-state index contributed by atoms with van der Waals surface area (Å²) in [4.78, 5) is 13.5. The van der Waals surface area contributed by atoms with Crippen LogP contribution >= 0.6 is 0 Å². The van der Waals surface area contributed by atoms with Gasteiger partial charge in [-0.1, -0.05) is 0 Å². The van der Waals surface area contributed by atoms with Gasteiger partial charge in [-0.05, 0) is 18.9 Å². The standard InChI is InChI=1S/C9H13NO3/c1-13-4-2-3-7-5-8(11)6-9(12)10-7/h5-6H,2-4H2,1H3,(H2,10,11,12). The lowest BCUT2D eigenvalue weighted by Gasteiger charge is -2.00. The normalized spacial score (nSPS) is 10.2. The Bertz CT molecular complexity index is 319. The van der Waals surface area contributed by atoms with Crippen molar-refractivity contribution < 1.29 is 9.84 Å². The highest BCUT2D eigenvalue weighted by atomic mass is 16.5. The van der Waals surface area contributed by atoms with Crippen LogP contribution in [0, 0.1) is 0 Å². The molecule has 1 heterocycles. The van der Waals surface area contributed by atoms with E-state index in [1.807, 2.05) is 0 Å². The molecule has 0 spiro atoms. The molecule has 0 unspecified atom stereocenters. The van der Waals surface area contributed by atoms with E-state index in [9.17, 15) is 4.79 Å². The number of methoxy groups -OCH3 is 1. The smallest absolute Gasteiger partial charge is 0.251 e. The van der Waals surface area contributed by atoms with Crippen molar-refractivity contribution in [2.24, 2.45) is 0 Å². The van der Waals surface area contributed by atoms with E-state index in [0.29, 0.717) is 13.0 Å². The Hall–Kier alpha value is -1.29. The van der Waals surface area contributed by atoms with Crippen LogP contribution in [-0.2, 0) is 11.2 Å². The Kier molecular flexibility index (Phi) is 3.52. The van der Waals surface area contributed by atoms with Crippen LogP contribution in [0.4, 0.5) is 0 Å². The first kappa shape index (κ1) is 9.80. The number of rotatable bonds is 4. The molecule has 0 aliphatic carbocycles. The molecular formula is C9H13NO3. The Morgan fingerprint density at radius 2 is 2.31 bits per heavy atom. The minimum absolute atomic E-state index is 0.0103. The Morgan fingerprint density at radius 3 is 2.92 bits per heavy atom.